The highest BCUT2D eigenvalue weighted by Crippen LogP contribution is 2.20. The van der Waals surface area contributed by atoms with E-state index in [1.807, 2.05) is 6.92 Å². The van der Waals surface area contributed by atoms with Crippen LogP contribution in [0.1, 0.15) is 26.2 Å². The Morgan fingerprint density at radius 2 is 2.00 bits per heavy atom. The van der Waals surface area contributed by atoms with Gasteiger partial charge in [0.25, 0.3) is 0 Å². The van der Waals surface area contributed by atoms with Crippen molar-refractivity contribution in [3.8, 4) is 0 Å². The van der Waals surface area contributed by atoms with Gasteiger partial charge in [0.05, 0.1) is 12.3 Å². The fourth-order valence-electron chi connectivity index (χ4n) is 1.41. The lowest BCUT2D eigenvalue weighted by atomic mass is 10.0. The zero-order chi connectivity index (χ0) is 12.8. The van der Waals surface area contributed by atoms with Gasteiger partial charge in [-0.25, -0.2) is 0 Å². The summed E-state index contributed by atoms with van der Waals surface area (Å²) in [5, 5.41) is 0. The molecule has 0 rings (SSSR count). The number of alkyl halides is 3. The van der Waals surface area contributed by atoms with Gasteiger partial charge in [-0.05, 0) is 6.42 Å². The van der Waals surface area contributed by atoms with E-state index in [2.05, 4.69) is 0 Å². The molecule has 0 radical (unpaired) electrons. The van der Waals surface area contributed by atoms with Gasteiger partial charge in [0.1, 0.15) is 0 Å². The lowest BCUT2D eigenvalue weighted by Gasteiger charge is -2.23. The van der Waals surface area contributed by atoms with E-state index in [0.717, 1.165) is 11.3 Å². The van der Waals surface area contributed by atoms with Gasteiger partial charge in [-0.2, -0.15) is 13.2 Å². The Morgan fingerprint density at radius 3 is 2.38 bits per heavy atom. The molecule has 0 saturated heterocycles. The largest absolute Gasteiger partial charge is 0.390 e. The molecule has 0 aromatic carbocycles. The number of carbonyl (C=O) groups excluding carboxylic acids is 1. The second-order valence-corrected chi connectivity index (χ2v) is 3.85. The van der Waals surface area contributed by atoms with Crippen molar-refractivity contribution in [2.24, 2.45) is 11.7 Å². The third kappa shape index (κ3) is 5.95. The lowest BCUT2D eigenvalue weighted by molar-refractivity contribution is -0.146. The van der Waals surface area contributed by atoms with Gasteiger partial charge in [0.15, 0.2) is 0 Å². The second-order valence-electron chi connectivity index (χ2n) is 3.85. The summed E-state index contributed by atoms with van der Waals surface area (Å²) in [5.41, 5.74) is 5.41. The number of halogens is 3. The minimum Gasteiger partial charge on any atom is -0.345 e. The van der Waals surface area contributed by atoms with Crippen LogP contribution in [0.2, 0.25) is 0 Å². The third-order valence-corrected chi connectivity index (χ3v) is 2.38. The summed E-state index contributed by atoms with van der Waals surface area (Å²) >= 11 is 0. The highest BCUT2D eigenvalue weighted by atomic mass is 19.4. The molecule has 0 aliphatic heterocycles. The third-order valence-electron chi connectivity index (χ3n) is 2.38. The van der Waals surface area contributed by atoms with Gasteiger partial charge in [0, 0.05) is 20.1 Å². The van der Waals surface area contributed by atoms with Crippen LogP contribution in [-0.4, -0.2) is 37.1 Å². The van der Waals surface area contributed by atoms with Gasteiger partial charge < -0.3 is 10.6 Å². The highest BCUT2D eigenvalue weighted by molar-refractivity contribution is 5.78. The summed E-state index contributed by atoms with van der Waals surface area (Å²) in [6.45, 7) is 1.79. The Hall–Kier alpha value is -0.780. The molecule has 2 N–H and O–H groups in total. The zero-order valence-corrected chi connectivity index (χ0v) is 9.68. The lowest BCUT2D eigenvalue weighted by Crippen LogP contribution is -2.38. The van der Waals surface area contributed by atoms with Crippen molar-refractivity contribution in [1.82, 2.24) is 4.90 Å². The summed E-state index contributed by atoms with van der Waals surface area (Å²) in [6, 6.07) is 0. The number of rotatable bonds is 6. The molecule has 1 amide bonds. The Labute approximate surface area is 93.8 Å². The molecule has 0 fully saturated rings. The van der Waals surface area contributed by atoms with Crippen LogP contribution in [0.25, 0.3) is 0 Å². The minimum atomic E-state index is -4.22. The molecule has 0 spiro atoms. The first-order valence-electron chi connectivity index (χ1n) is 5.33. The maximum absolute atomic E-state index is 11.9. The molecule has 0 heterocycles. The Kier molecular flexibility index (Phi) is 6.40. The summed E-state index contributed by atoms with van der Waals surface area (Å²) in [5.74, 6) is -0.656. The molecule has 3 nitrogen and oxygen atoms in total. The number of nitrogens with two attached hydrogens (primary N) is 1. The summed E-state index contributed by atoms with van der Waals surface area (Å²) in [4.78, 5) is 12.8. The van der Waals surface area contributed by atoms with E-state index in [1.54, 1.807) is 0 Å². The number of amides is 1. The van der Waals surface area contributed by atoms with E-state index in [9.17, 15) is 18.0 Å². The van der Waals surface area contributed by atoms with Crippen LogP contribution in [0.4, 0.5) is 13.2 Å². The molecular weight excluding hydrogens is 221 g/mol. The number of hydrogen-bond acceptors (Lipinski definition) is 2. The Morgan fingerprint density at radius 1 is 1.44 bits per heavy atom. The van der Waals surface area contributed by atoms with E-state index in [4.69, 9.17) is 5.73 Å². The van der Waals surface area contributed by atoms with Crippen molar-refractivity contribution in [2.45, 2.75) is 32.4 Å². The highest BCUT2D eigenvalue weighted by Gasteiger charge is 2.29. The SMILES string of the molecule is CCCC(CN)C(=O)N(C)CCC(F)(F)F. The molecule has 1 unspecified atom stereocenters. The van der Waals surface area contributed by atoms with Crippen molar-refractivity contribution in [3.63, 3.8) is 0 Å². The van der Waals surface area contributed by atoms with E-state index in [-0.39, 0.29) is 24.9 Å². The maximum Gasteiger partial charge on any atom is 0.390 e. The molecule has 6 heteroatoms. The van der Waals surface area contributed by atoms with Crippen LogP contribution in [0, 0.1) is 5.92 Å². The topological polar surface area (TPSA) is 46.3 Å². The standard InChI is InChI=1S/C10H19F3N2O/c1-3-4-8(7-14)9(16)15(2)6-5-10(11,12)13/h8H,3-7,14H2,1-2H3. The van der Waals surface area contributed by atoms with E-state index in [1.165, 1.54) is 7.05 Å². The average molecular weight is 240 g/mol. The number of nitrogens with zero attached hydrogens (tertiary/aromatic N) is 1. The molecule has 0 bridgehead atoms. The summed E-state index contributed by atoms with van der Waals surface area (Å²) < 4.78 is 35.8. The van der Waals surface area contributed by atoms with Crippen molar-refractivity contribution in [3.05, 3.63) is 0 Å². The molecule has 96 valence electrons. The number of hydrogen-bond donors (Lipinski definition) is 1. The smallest absolute Gasteiger partial charge is 0.345 e. The van der Waals surface area contributed by atoms with Crippen molar-refractivity contribution < 1.29 is 18.0 Å². The molecular formula is C10H19F3N2O. The Balaban J connectivity index is 4.15. The van der Waals surface area contributed by atoms with Gasteiger partial charge in [-0.3, -0.25) is 4.79 Å². The summed E-state index contributed by atoms with van der Waals surface area (Å²) in [7, 11) is 1.38. The van der Waals surface area contributed by atoms with Crippen LogP contribution < -0.4 is 5.73 Å². The second kappa shape index (κ2) is 6.73. The summed E-state index contributed by atoms with van der Waals surface area (Å²) in [6.07, 6.45) is -3.79. The van der Waals surface area contributed by atoms with Gasteiger partial charge in [-0.1, -0.05) is 13.3 Å². The van der Waals surface area contributed by atoms with Crippen LogP contribution in [0.3, 0.4) is 0 Å². The van der Waals surface area contributed by atoms with E-state index in [0.29, 0.717) is 6.42 Å². The Bertz CT molecular complexity index is 219. The molecule has 0 aromatic rings. The van der Waals surface area contributed by atoms with Crippen molar-refractivity contribution >= 4 is 5.91 Å². The predicted octanol–water partition coefficient (Wildman–Crippen LogP) is 1.77. The first-order chi connectivity index (χ1) is 7.31. The van der Waals surface area contributed by atoms with Crippen LogP contribution >= 0.6 is 0 Å². The van der Waals surface area contributed by atoms with E-state index < -0.39 is 12.6 Å². The molecule has 16 heavy (non-hydrogen) atoms. The van der Waals surface area contributed by atoms with Gasteiger partial charge in [0.2, 0.25) is 5.91 Å². The molecule has 1 atom stereocenters. The maximum atomic E-state index is 11.9. The fraction of sp³-hybridized carbons (Fsp3) is 0.900. The molecule has 0 aliphatic rings. The zero-order valence-electron chi connectivity index (χ0n) is 9.68. The van der Waals surface area contributed by atoms with E-state index >= 15 is 0 Å². The normalized spacial score (nSPS) is 13.6. The van der Waals surface area contributed by atoms with Crippen molar-refractivity contribution in [1.29, 1.82) is 0 Å². The predicted molar refractivity (Wildman–Crippen MR) is 55.8 cm³/mol. The quantitative estimate of drug-likeness (QED) is 0.769. The van der Waals surface area contributed by atoms with Gasteiger partial charge >= 0.3 is 6.18 Å². The van der Waals surface area contributed by atoms with Crippen LogP contribution in [0.5, 0.6) is 0 Å². The van der Waals surface area contributed by atoms with Gasteiger partial charge in [-0.15, -0.1) is 0 Å². The minimum absolute atomic E-state index is 0.184. The number of carbonyl (C=O) groups is 1. The fourth-order valence-corrected chi connectivity index (χ4v) is 1.41. The molecule has 0 saturated carbocycles. The first-order valence-corrected chi connectivity index (χ1v) is 5.33. The van der Waals surface area contributed by atoms with Crippen LogP contribution in [-0.2, 0) is 4.79 Å². The first kappa shape index (κ1) is 15.2. The average Bonchev–Trinajstić information content (AvgIpc) is 2.20. The van der Waals surface area contributed by atoms with Crippen LogP contribution in [0.15, 0.2) is 0 Å². The van der Waals surface area contributed by atoms with Crippen molar-refractivity contribution in [2.75, 3.05) is 20.1 Å². The molecule has 0 aromatic heterocycles. The molecule has 0 aliphatic carbocycles. The monoisotopic (exact) mass is 240 g/mol.